The highest BCUT2D eigenvalue weighted by Gasteiger charge is 2.14. The van der Waals surface area contributed by atoms with E-state index in [9.17, 15) is 0 Å². The second-order valence-corrected chi connectivity index (χ2v) is 5.16. The van der Waals surface area contributed by atoms with Gasteiger partial charge in [-0.25, -0.2) is 9.97 Å². The van der Waals surface area contributed by atoms with Crippen molar-refractivity contribution >= 4 is 23.4 Å². The van der Waals surface area contributed by atoms with E-state index in [1.807, 2.05) is 0 Å². The Morgan fingerprint density at radius 1 is 1.20 bits per heavy atom. The molecule has 2 nitrogen and oxygen atoms in total. The molecule has 0 amide bonds. The van der Waals surface area contributed by atoms with Gasteiger partial charge in [0, 0.05) is 22.9 Å². The SMILES string of the molecule is ClCCSc1ncnc2c1CCCCC2. The van der Waals surface area contributed by atoms with Crippen molar-refractivity contribution in [2.24, 2.45) is 0 Å². The summed E-state index contributed by atoms with van der Waals surface area (Å²) in [5.74, 6) is 1.62. The van der Waals surface area contributed by atoms with Gasteiger partial charge in [-0.3, -0.25) is 0 Å². The van der Waals surface area contributed by atoms with Gasteiger partial charge >= 0.3 is 0 Å². The maximum atomic E-state index is 5.70. The Labute approximate surface area is 99.8 Å². The van der Waals surface area contributed by atoms with Gasteiger partial charge in [0.15, 0.2) is 0 Å². The first-order valence-electron chi connectivity index (χ1n) is 5.43. The summed E-state index contributed by atoms with van der Waals surface area (Å²) in [7, 11) is 0. The van der Waals surface area contributed by atoms with E-state index < -0.39 is 0 Å². The second-order valence-electron chi connectivity index (χ2n) is 3.70. The molecule has 0 saturated carbocycles. The van der Waals surface area contributed by atoms with Crippen LogP contribution >= 0.6 is 23.4 Å². The highest BCUT2D eigenvalue weighted by molar-refractivity contribution is 7.99. The molecule has 0 saturated heterocycles. The quantitative estimate of drug-likeness (QED) is 0.353. The van der Waals surface area contributed by atoms with Crippen LogP contribution in [0.4, 0.5) is 0 Å². The van der Waals surface area contributed by atoms with E-state index in [4.69, 9.17) is 11.6 Å². The third kappa shape index (κ3) is 2.85. The van der Waals surface area contributed by atoms with Crippen molar-refractivity contribution in [3.05, 3.63) is 17.6 Å². The van der Waals surface area contributed by atoms with Crippen molar-refractivity contribution in [2.45, 2.75) is 37.1 Å². The average Bonchev–Trinajstić information content (AvgIpc) is 2.51. The zero-order valence-corrected chi connectivity index (χ0v) is 10.3. The first-order chi connectivity index (χ1) is 7.42. The molecule has 15 heavy (non-hydrogen) atoms. The average molecular weight is 243 g/mol. The maximum absolute atomic E-state index is 5.70. The van der Waals surface area contributed by atoms with Gasteiger partial charge in [-0.2, -0.15) is 0 Å². The minimum absolute atomic E-state index is 0.684. The third-order valence-electron chi connectivity index (χ3n) is 2.65. The van der Waals surface area contributed by atoms with E-state index in [2.05, 4.69) is 9.97 Å². The summed E-state index contributed by atoms with van der Waals surface area (Å²) in [6, 6.07) is 0. The molecule has 1 aromatic rings. The number of hydrogen-bond acceptors (Lipinski definition) is 3. The Morgan fingerprint density at radius 2 is 2.07 bits per heavy atom. The van der Waals surface area contributed by atoms with Gasteiger partial charge < -0.3 is 0 Å². The maximum Gasteiger partial charge on any atom is 0.116 e. The number of nitrogens with zero attached hydrogens (tertiary/aromatic N) is 2. The van der Waals surface area contributed by atoms with Crippen molar-refractivity contribution in [3.8, 4) is 0 Å². The molecule has 1 aliphatic rings. The molecule has 0 atom stereocenters. The van der Waals surface area contributed by atoms with E-state index in [1.54, 1.807) is 18.1 Å². The molecule has 2 rings (SSSR count). The number of alkyl halides is 1. The van der Waals surface area contributed by atoms with Crippen LogP contribution in [-0.4, -0.2) is 21.6 Å². The number of rotatable bonds is 3. The van der Waals surface area contributed by atoms with Gasteiger partial charge in [-0.1, -0.05) is 6.42 Å². The number of aryl methyl sites for hydroxylation is 1. The standard InChI is InChI=1S/C11H15ClN2S/c12-6-7-15-11-9-4-2-1-3-5-10(9)13-8-14-11/h8H,1-7H2. The van der Waals surface area contributed by atoms with Crippen molar-refractivity contribution in [3.63, 3.8) is 0 Å². The fourth-order valence-electron chi connectivity index (χ4n) is 1.93. The Bertz CT molecular complexity index is 330. The van der Waals surface area contributed by atoms with E-state index in [0.717, 1.165) is 23.6 Å². The number of hydrogen-bond donors (Lipinski definition) is 0. The molecule has 0 unspecified atom stereocenters. The Kier molecular flexibility index (Phi) is 4.27. The first-order valence-corrected chi connectivity index (χ1v) is 6.95. The number of aromatic nitrogens is 2. The summed E-state index contributed by atoms with van der Waals surface area (Å²) in [6.45, 7) is 0. The molecule has 0 bridgehead atoms. The fourth-order valence-corrected chi connectivity index (χ4v) is 2.95. The number of halogens is 1. The molecule has 0 radical (unpaired) electrons. The molecule has 0 spiro atoms. The van der Waals surface area contributed by atoms with E-state index in [1.165, 1.54) is 30.5 Å². The smallest absolute Gasteiger partial charge is 0.116 e. The number of fused-ring (bicyclic) bond motifs is 1. The van der Waals surface area contributed by atoms with Crippen LogP contribution in [0, 0.1) is 0 Å². The normalized spacial score (nSPS) is 15.8. The van der Waals surface area contributed by atoms with Crippen LogP contribution in [-0.2, 0) is 12.8 Å². The van der Waals surface area contributed by atoms with Crippen LogP contribution in [0.2, 0.25) is 0 Å². The largest absolute Gasteiger partial charge is 0.241 e. The Balaban J connectivity index is 2.22. The van der Waals surface area contributed by atoms with Gasteiger partial charge in [0.05, 0.1) is 0 Å². The summed E-state index contributed by atoms with van der Waals surface area (Å²) < 4.78 is 0. The Hall–Kier alpha value is -0.280. The van der Waals surface area contributed by atoms with Gasteiger partial charge in [0.25, 0.3) is 0 Å². The summed E-state index contributed by atoms with van der Waals surface area (Å²) >= 11 is 7.46. The third-order valence-corrected chi connectivity index (χ3v) is 4.10. The lowest BCUT2D eigenvalue weighted by atomic mass is 10.1. The molecule has 1 aliphatic carbocycles. The molecule has 0 aliphatic heterocycles. The van der Waals surface area contributed by atoms with Crippen LogP contribution in [0.1, 0.15) is 30.5 Å². The minimum atomic E-state index is 0.684. The lowest BCUT2D eigenvalue weighted by molar-refractivity contribution is 0.707. The van der Waals surface area contributed by atoms with Crippen LogP contribution in [0.3, 0.4) is 0 Å². The lowest BCUT2D eigenvalue weighted by Crippen LogP contribution is -2.00. The minimum Gasteiger partial charge on any atom is -0.241 e. The van der Waals surface area contributed by atoms with Gasteiger partial charge in [0.2, 0.25) is 0 Å². The van der Waals surface area contributed by atoms with Crippen molar-refractivity contribution < 1.29 is 0 Å². The Morgan fingerprint density at radius 3 is 2.93 bits per heavy atom. The molecule has 4 heteroatoms. The van der Waals surface area contributed by atoms with E-state index in [-0.39, 0.29) is 0 Å². The summed E-state index contributed by atoms with van der Waals surface area (Å²) in [5.41, 5.74) is 2.64. The lowest BCUT2D eigenvalue weighted by Gasteiger charge is -2.08. The van der Waals surface area contributed by atoms with E-state index in [0.29, 0.717) is 5.88 Å². The van der Waals surface area contributed by atoms with Crippen molar-refractivity contribution in [1.82, 2.24) is 9.97 Å². The van der Waals surface area contributed by atoms with Crippen LogP contribution in [0.25, 0.3) is 0 Å². The monoisotopic (exact) mass is 242 g/mol. The topological polar surface area (TPSA) is 25.8 Å². The highest BCUT2D eigenvalue weighted by Crippen LogP contribution is 2.27. The summed E-state index contributed by atoms with van der Waals surface area (Å²) in [4.78, 5) is 8.75. The molecule has 82 valence electrons. The van der Waals surface area contributed by atoms with Crippen molar-refractivity contribution in [1.29, 1.82) is 0 Å². The fraction of sp³-hybridized carbons (Fsp3) is 0.636. The molecule has 0 fully saturated rings. The molecular formula is C11H15ClN2S. The van der Waals surface area contributed by atoms with Gasteiger partial charge in [0.1, 0.15) is 11.4 Å². The highest BCUT2D eigenvalue weighted by atomic mass is 35.5. The predicted molar refractivity (Wildman–Crippen MR) is 64.7 cm³/mol. The van der Waals surface area contributed by atoms with E-state index >= 15 is 0 Å². The zero-order chi connectivity index (χ0) is 10.5. The van der Waals surface area contributed by atoms with Gasteiger partial charge in [-0.15, -0.1) is 23.4 Å². The van der Waals surface area contributed by atoms with Crippen LogP contribution in [0.15, 0.2) is 11.4 Å². The summed E-state index contributed by atoms with van der Waals surface area (Å²) in [6.07, 6.45) is 7.81. The second kappa shape index (κ2) is 5.71. The van der Waals surface area contributed by atoms with Crippen LogP contribution in [0.5, 0.6) is 0 Å². The van der Waals surface area contributed by atoms with Crippen molar-refractivity contribution in [2.75, 3.05) is 11.6 Å². The van der Waals surface area contributed by atoms with Crippen LogP contribution < -0.4 is 0 Å². The molecule has 1 heterocycles. The molecule has 0 aromatic carbocycles. The molecule has 0 N–H and O–H groups in total. The molecular weight excluding hydrogens is 228 g/mol. The first kappa shape index (κ1) is 11.2. The number of thioether (sulfide) groups is 1. The zero-order valence-electron chi connectivity index (χ0n) is 8.71. The van der Waals surface area contributed by atoms with Gasteiger partial charge in [-0.05, 0) is 25.7 Å². The summed E-state index contributed by atoms with van der Waals surface area (Å²) in [5, 5.41) is 1.16. The predicted octanol–water partition coefficient (Wildman–Crippen LogP) is 3.08. The molecule has 1 aromatic heterocycles.